The van der Waals surface area contributed by atoms with Gasteiger partial charge in [0.1, 0.15) is 6.10 Å². The normalized spacial score (nSPS) is 13.2. The van der Waals surface area contributed by atoms with Crippen molar-refractivity contribution >= 4 is 5.97 Å². The van der Waals surface area contributed by atoms with E-state index in [1.165, 1.54) is 0 Å². The maximum Gasteiger partial charge on any atom is 0.333 e. The van der Waals surface area contributed by atoms with Crippen LogP contribution in [0.3, 0.4) is 0 Å². The van der Waals surface area contributed by atoms with E-state index >= 15 is 0 Å². The zero-order chi connectivity index (χ0) is 14.2. The molecule has 0 aliphatic carbocycles. The highest BCUT2D eigenvalue weighted by Gasteiger charge is 2.16. The van der Waals surface area contributed by atoms with Crippen molar-refractivity contribution in [1.82, 2.24) is 0 Å². The molecular weight excluding hydrogens is 226 g/mol. The van der Waals surface area contributed by atoms with E-state index in [-0.39, 0.29) is 12.1 Å². The first kappa shape index (κ1) is 17.2. The highest BCUT2D eigenvalue weighted by Crippen LogP contribution is 2.14. The molecule has 0 heterocycles. The Kier molecular flexibility index (Phi) is 7.92. The molecule has 3 heteroatoms. The SMILES string of the molecule is C=C(C)C(=O)OC(CCCC)CCC[N+](C)(C)C. The van der Waals surface area contributed by atoms with Gasteiger partial charge >= 0.3 is 5.97 Å². The summed E-state index contributed by atoms with van der Waals surface area (Å²) in [5, 5.41) is 0. The number of esters is 1. The predicted molar refractivity (Wildman–Crippen MR) is 76.4 cm³/mol. The van der Waals surface area contributed by atoms with Crippen LogP contribution < -0.4 is 0 Å². The molecule has 0 aromatic rings. The molecule has 106 valence electrons. The Bertz CT molecular complexity index is 266. The first-order chi connectivity index (χ1) is 8.26. The molecule has 0 bridgehead atoms. The lowest BCUT2D eigenvalue weighted by Crippen LogP contribution is -2.35. The molecule has 0 spiro atoms. The van der Waals surface area contributed by atoms with Crippen molar-refractivity contribution in [2.24, 2.45) is 0 Å². The number of hydrogen-bond donors (Lipinski definition) is 0. The van der Waals surface area contributed by atoms with E-state index < -0.39 is 0 Å². The van der Waals surface area contributed by atoms with Crippen LogP contribution in [0.2, 0.25) is 0 Å². The van der Waals surface area contributed by atoms with Crippen LogP contribution in [-0.4, -0.2) is 44.2 Å². The van der Waals surface area contributed by atoms with E-state index in [2.05, 4.69) is 34.6 Å². The molecule has 3 nitrogen and oxygen atoms in total. The summed E-state index contributed by atoms with van der Waals surface area (Å²) in [5.74, 6) is -0.249. The highest BCUT2D eigenvalue weighted by atomic mass is 16.5. The minimum absolute atomic E-state index is 0.0562. The van der Waals surface area contributed by atoms with E-state index in [1.807, 2.05) is 0 Å². The lowest BCUT2D eigenvalue weighted by molar-refractivity contribution is -0.870. The molecule has 0 saturated carbocycles. The van der Waals surface area contributed by atoms with Crippen molar-refractivity contribution < 1.29 is 14.0 Å². The molecule has 0 aromatic heterocycles. The topological polar surface area (TPSA) is 26.3 Å². The van der Waals surface area contributed by atoms with Gasteiger partial charge in [-0.2, -0.15) is 0 Å². The van der Waals surface area contributed by atoms with Crippen LogP contribution in [0.25, 0.3) is 0 Å². The average Bonchev–Trinajstić information content (AvgIpc) is 2.23. The molecule has 0 N–H and O–H groups in total. The minimum Gasteiger partial charge on any atom is -0.459 e. The van der Waals surface area contributed by atoms with Crippen molar-refractivity contribution in [3.8, 4) is 0 Å². The second-order valence-corrected chi connectivity index (χ2v) is 6.11. The zero-order valence-corrected chi connectivity index (χ0v) is 12.8. The third-order valence-corrected chi connectivity index (χ3v) is 2.86. The lowest BCUT2D eigenvalue weighted by atomic mass is 10.1. The summed E-state index contributed by atoms with van der Waals surface area (Å²) in [4.78, 5) is 11.6. The lowest BCUT2D eigenvalue weighted by Gasteiger charge is -2.25. The largest absolute Gasteiger partial charge is 0.459 e. The Labute approximate surface area is 112 Å². The highest BCUT2D eigenvalue weighted by molar-refractivity contribution is 5.87. The van der Waals surface area contributed by atoms with Gasteiger partial charge in [0.2, 0.25) is 0 Å². The average molecular weight is 256 g/mol. The van der Waals surface area contributed by atoms with Gasteiger partial charge in [-0.15, -0.1) is 0 Å². The number of nitrogens with zero attached hydrogens (tertiary/aromatic N) is 1. The summed E-state index contributed by atoms with van der Waals surface area (Å²) in [5.41, 5.74) is 0.489. The number of carbonyl (C=O) groups is 1. The molecule has 0 aliphatic heterocycles. The van der Waals surface area contributed by atoms with Gasteiger partial charge in [0.15, 0.2) is 0 Å². The van der Waals surface area contributed by atoms with Crippen LogP contribution in [-0.2, 0) is 9.53 Å². The predicted octanol–water partition coefficient (Wildman–Crippen LogP) is 3.15. The summed E-state index contributed by atoms with van der Waals surface area (Å²) in [6, 6.07) is 0. The molecule has 1 unspecified atom stereocenters. The Morgan fingerprint density at radius 2 is 1.78 bits per heavy atom. The third kappa shape index (κ3) is 9.23. The van der Waals surface area contributed by atoms with Gasteiger partial charge in [0.25, 0.3) is 0 Å². The van der Waals surface area contributed by atoms with Crippen LogP contribution in [0.1, 0.15) is 46.0 Å². The van der Waals surface area contributed by atoms with Crippen molar-refractivity contribution in [1.29, 1.82) is 0 Å². The first-order valence-electron chi connectivity index (χ1n) is 6.93. The minimum atomic E-state index is -0.249. The van der Waals surface area contributed by atoms with Gasteiger partial charge in [-0.05, 0) is 19.8 Å². The van der Waals surface area contributed by atoms with Crippen LogP contribution in [0, 0.1) is 0 Å². The molecule has 0 aliphatic rings. The van der Waals surface area contributed by atoms with Gasteiger partial charge in [0, 0.05) is 12.0 Å². The summed E-state index contributed by atoms with van der Waals surface area (Å²) >= 11 is 0. The fourth-order valence-corrected chi connectivity index (χ4v) is 1.74. The number of hydrogen-bond acceptors (Lipinski definition) is 2. The molecule has 0 rings (SSSR count). The maximum absolute atomic E-state index is 11.6. The Morgan fingerprint density at radius 1 is 1.22 bits per heavy atom. The second kappa shape index (κ2) is 8.30. The van der Waals surface area contributed by atoms with Crippen molar-refractivity contribution in [3.63, 3.8) is 0 Å². The van der Waals surface area contributed by atoms with Crippen molar-refractivity contribution in [2.75, 3.05) is 27.7 Å². The van der Waals surface area contributed by atoms with Crippen molar-refractivity contribution in [2.45, 2.75) is 52.1 Å². The van der Waals surface area contributed by atoms with E-state index in [0.29, 0.717) is 5.57 Å². The van der Waals surface area contributed by atoms with Gasteiger partial charge in [-0.1, -0.05) is 26.3 Å². The fraction of sp³-hybridized carbons (Fsp3) is 0.800. The molecule has 0 saturated heterocycles. The molecular formula is C15H30NO2+. The Hall–Kier alpha value is -0.830. The van der Waals surface area contributed by atoms with E-state index in [9.17, 15) is 4.79 Å². The van der Waals surface area contributed by atoms with Crippen LogP contribution >= 0.6 is 0 Å². The zero-order valence-electron chi connectivity index (χ0n) is 12.8. The van der Waals surface area contributed by atoms with Crippen LogP contribution in [0.15, 0.2) is 12.2 Å². The smallest absolute Gasteiger partial charge is 0.333 e. The number of ether oxygens (including phenoxy) is 1. The molecule has 1 atom stereocenters. The summed E-state index contributed by atoms with van der Waals surface area (Å²) < 4.78 is 6.44. The van der Waals surface area contributed by atoms with Gasteiger partial charge < -0.3 is 9.22 Å². The molecule has 0 aromatic carbocycles. The van der Waals surface area contributed by atoms with Crippen LogP contribution in [0.4, 0.5) is 0 Å². The molecule has 0 radical (unpaired) electrons. The fourth-order valence-electron chi connectivity index (χ4n) is 1.74. The summed E-state index contributed by atoms with van der Waals surface area (Å²) in [6.07, 6.45) is 5.30. The second-order valence-electron chi connectivity index (χ2n) is 6.11. The van der Waals surface area contributed by atoms with Crippen LogP contribution in [0.5, 0.6) is 0 Å². The molecule has 18 heavy (non-hydrogen) atoms. The molecule has 0 fully saturated rings. The number of quaternary nitrogens is 1. The van der Waals surface area contributed by atoms with E-state index in [4.69, 9.17) is 4.74 Å². The summed E-state index contributed by atoms with van der Waals surface area (Å²) in [6.45, 7) is 8.59. The first-order valence-corrected chi connectivity index (χ1v) is 6.93. The summed E-state index contributed by atoms with van der Waals surface area (Å²) in [7, 11) is 6.54. The number of rotatable bonds is 9. The van der Waals surface area contributed by atoms with Gasteiger partial charge in [0.05, 0.1) is 27.7 Å². The van der Waals surface area contributed by atoms with E-state index in [1.54, 1.807) is 6.92 Å². The Balaban J connectivity index is 4.14. The van der Waals surface area contributed by atoms with Crippen molar-refractivity contribution in [3.05, 3.63) is 12.2 Å². The van der Waals surface area contributed by atoms with E-state index in [0.717, 1.165) is 43.1 Å². The third-order valence-electron chi connectivity index (χ3n) is 2.86. The quantitative estimate of drug-likeness (QED) is 0.360. The Morgan fingerprint density at radius 3 is 2.22 bits per heavy atom. The maximum atomic E-state index is 11.6. The number of unbranched alkanes of at least 4 members (excludes halogenated alkanes) is 1. The van der Waals surface area contributed by atoms with Gasteiger partial charge in [-0.3, -0.25) is 0 Å². The monoisotopic (exact) mass is 256 g/mol. The molecule has 0 amide bonds. The standard InChI is InChI=1S/C15H30NO2/c1-7-8-10-14(18-15(17)13(2)3)11-9-12-16(4,5)6/h14H,2,7-12H2,1,3-6H3/q+1. The number of carbonyl (C=O) groups excluding carboxylic acids is 1. The van der Waals surface area contributed by atoms with Gasteiger partial charge in [-0.25, -0.2) is 4.79 Å².